The first-order valence-corrected chi connectivity index (χ1v) is 12.8. The molecule has 0 fully saturated rings. The van der Waals surface area contributed by atoms with Crippen molar-refractivity contribution in [2.24, 2.45) is 0 Å². The molecule has 1 amide bonds. The molecule has 3 heterocycles. The van der Waals surface area contributed by atoms with E-state index in [4.69, 9.17) is 0 Å². The van der Waals surface area contributed by atoms with Gasteiger partial charge in [-0.2, -0.15) is 0 Å². The van der Waals surface area contributed by atoms with Crippen molar-refractivity contribution < 1.29 is 9.36 Å². The van der Waals surface area contributed by atoms with Crippen molar-refractivity contribution >= 4 is 5.91 Å². The highest BCUT2D eigenvalue weighted by Gasteiger charge is 2.16. The fraction of sp³-hybridized carbons (Fsp3) is 0.500. The molecular formula is C28H40N5O+. The Hall–Kier alpha value is -3.02. The molecule has 6 heteroatoms. The molecule has 182 valence electrons. The van der Waals surface area contributed by atoms with Crippen LogP contribution in [0.15, 0.2) is 67.8 Å². The van der Waals surface area contributed by atoms with Crippen LogP contribution >= 0.6 is 0 Å². The lowest BCUT2D eigenvalue weighted by Crippen LogP contribution is -2.32. The van der Waals surface area contributed by atoms with E-state index in [9.17, 15) is 4.79 Å². The first-order valence-electron chi connectivity index (χ1n) is 12.8. The number of nitrogens with one attached hydrogen (secondary N) is 1. The molecule has 0 saturated carbocycles. The van der Waals surface area contributed by atoms with Crippen molar-refractivity contribution in [3.8, 4) is 0 Å². The summed E-state index contributed by atoms with van der Waals surface area (Å²) in [6, 6.07) is 8.82. The van der Waals surface area contributed by atoms with Gasteiger partial charge in [0.05, 0.1) is 6.33 Å². The number of nitrogens with zero attached hydrogens (tertiary/aromatic N) is 4. The fourth-order valence-corrected chi connectivity index (χ4v) is 4.44. The predicted molar refractivity (Wildman–Crippen MR) is 135 cm³/mol. The van der Waals surface area contributed by atoms with Crippen molar-refractivity contribution in [2.45, 2.75) is 83.7 Å². The summed E-state index contributed by atoms with van der Waals surface area (Å²) in [4.78, 5) is 20.2. The van der Waals surface area contributed by atoms with Gasteiger partial charge in [-0.3, -0.25) is 9.78 Å². The maximum atomic E-state index is 12.0. The lowest BCUT2D eigenvalue weighted by Gasteiger charge is -2.20. The van der Waals surface area contributed by atoms with Gasteiger partial charge in [-0.1, -0.05) is 13.8 Å². The number of aromatic nitrogens is 4. The van der Waals surface area contributed by atoms with Crippen LogP contribution in [0.5, 0.6) is 0 Å². The standard InChI is InChI=1S/C28H39N5O/c1-3-25(27-9-14-29-15-10-27)22-24(2)26-11-19-32(20-12-26)17-6-4-5-8-28(34)31-13-7-18-33-21-16-30-23-33/h9-12,14-16,19-21,23-25H,3-8,13,17-18,22H2,1-2H3/p+1. The van der Waals surface area contributed by atoms with Crippen LogP contribution in [-0.4, -0.2) is 27.0 Å². The normalized spacial score (nSPS) is 12.9. The van der Waals surface area contributed by atoms with Crippen molar-refractivity contribution in [3.63, 3.8) is 0 Å². The highest BCUT2D eigenvalue weighted by atomic mass is 16.1. The molecule has 2 atom stereocenters. The van der Waals surface area contributed by atoms with E-state index in [0.717, 1.165) is 58.2 Å². The highest BCUT2D eigenvalue weighted by Crippen LogP contribution is 2.31. The van der Waals surface area contributed by atoms with Crippen LogP contribution < -0.4 is 9.88 Å². The molecule has 34 heavy (non-hydrogen) atoms. The van der Waals surface area contributed by atoms with Gasteiger partial charge in [0.2, 0.25) is 5.91 Å². The number of carbonyl (C=O) groups excluding carboxylic acids is 1. The third-order valence-electron chi connectivity index (χ3n) is 6.59. The smallest absolute Gasteiger partial charge is 0.219 e. The quantitative estimate of drug-likeness (QED) is 0.255. The minimum atomic E-state index is 0.161. The van der Waals surface area contributed by atoms with Crippen LogP contribution in [0, 0.1) is 0 Å². The molecule has 0 aliphatic carbocycles. The van der Waals surface area contributed by atoms with Crippen LogP contribution in [0.1, 0.15) is 81.8 Å². The van der Waals surface area contributed by atoms with E-state index in [1.165, 1.54) is 11.1 Å². The molecular weight excluding hydrogens is 422 g/mol. The van der Waals surface area contributed by atoms with Gasteiger partial charge in [-0.25, -0.2) is 9.55 Å². The van der Waals surface area contributed by atoms with Gasteiger partial charge >= 0.3 is 0 Å². The fourth-order valence-electron chi connectivity index (χ4n) is 4.44. The SMILES string of the molecule is CCC(CC(C)c1cc[n+](CCCCCC(=O)NCCCn2ccnc2)cc1)c1ccncc1. The van der Waals surface area contributed by atoms with Crippen LogP contribution in [0.2, 0.25) is 0 Å². The van der Waals surface area contributed by atoms with Crippen molar-refractivity contribution in [3.05, 3.63) is 78.9 Å². The van der Waals surface area contributed by atoms with E-state index in [1.807, 2.05) is 23.2 Å². The maximum Gasteiger partial charge on any atom is 0.219 e. The van der Waals surface area contributed by atoms with Gasteiger partial charge < -0.3 is 9.88 Å². The van der Waals surface area contributed by atoms with Crippen molar-refractivity contribution in [1.29, 1.82) is 0 Å². The van der Waals surface area contributed by atoms with Gasteiger partial charge in [-0.15, -0.1) is 0 Å². The Kier molecular flexibility index (Phi) is 10.8. The van der Waals surface area contributed by atoms with E-state index in [0.29, 0.717) is 18.3 Å². The van der Waals surface area contributed by atoms with E-state index in [-0.39, 0.29) is 5.91 Å². The summed E-state index contributed by atoms with van der Waals surface area (Å²) in [7, 11) is 0. The number of aryl methyl sites for hydroxylation is 2. The molecule has 0 bridgehead atoms. The Balaban J connectivity index is 1.29. The number of imidazole rings is 1. The van der Waals surface area contributed by atoms with E-state index < -0.39 is 0 Å². The Morgan fingerprint density at radius 1 is 1.00 bits per heavy atom. The zero-order chi connectivity index (χ0) is 24.0. The number of pyridine rings is 2. The molecule has 3 rings (SSSR count). The number of carbonyl (C=O) groups is 1. The first kappa shape index (κ1) is 25.6. The second-order valence-electron chi connectivity index (χ2n) is 9.21. The van der Waals surface area contributed by atoms with E-state index in [2.05, 4.69) is 70.4 Å². The number of hydrogen-bond acceptors (Lipinski definition) is 3. The van der Waals surface area contributed by atoms with Crippen LogP contribution in [-0.2, 0) is 17.9 Å². The van der Waals surface area contributed by atoms with Crippen LogP contribution in [0.4, 0.5) is 0 Å². The zero-order valence-corrected chi connectivity index (χ0v) is 20.8. The van der Waals surface area contributed by atoms with Crippen molar-refractivity contribution in [1.82, 2.24) is 19.9 Å². The molecule has 0 radical (unpaired) electrons. The topological polar surface area (TPSA) is 63.7 Å². The summed E-state index contributed by atoms with van der Waals surface area (Å²) in [5.41, 5.74) is 2.78. The highest BCUT2D eigenvalue weighted by molar-refractivity contribution is 5.75. The molecule has 0 aliphatic rings. The number of hydrogen-bond donors (Lipinski definition) is 1. The lowest BCUT2D eigenvalue weighted by atomic mass is 9.85. The van der Waals surface area contributed by atoms with Crippen LogP contribution in [0.3, 0.4) is 0 Å². The minimum Gasteiger partial charge on any atom is -0.356 e. The number of amides is 1. The van der Waals surface area contributed by atoms with Gasteiger partial charge in [0.15, 0.2) is 12.4 Å². The third-order valence-corrected chi connectivity index (χ3v) is 6.59. The third kappa shape index (κ3) is 8.73. The summed E-state index contributed by atoms with van der Waals surface area (Å²) in [5, 5.41) is 3.02. The molecule has 3 aromatic heterocycles. The molecule has 6 nitrogen and oxygen atoms in total. The summed E-state index contributed by atoms with van der Waals surface area (Å²) in [6.07, 6.45) is 20.6. The largest absolute Gasteiger partial charge is 0.356 e. The molecule has 2 unspecified atom stereocenters. The average Bonchev–Trinajstić information content (AvgIpc) is 3.39. The second-order valence-corrected chi connectivity index (χ2v) is 9.21. The number of unbranched alkanes of at least 4 members (excludes halogenated alkanes) is 2. The summed E-state index contributed by atoms with van der Waals surface area (Å²) < 4.78 is 4.29. The monoisotopic (exact) mass is 462 g/mol. The minimum absolute atomic E-state index is 0.161. The average molecular weight is 463 g/mol. The molecule has 0 aromatic carbocycles. The molecule has 0 aliphatic heterocycles. The van der Waals surface area contributed by atoms with E-state index in [1.54, 1.807) is 12.5 Å². The van der Waals surface area contributed by atoms with E-state index >= 15 is 0 Å². The Bertz CT molecular complexity index is 941. The summed E-state index contributed by atoms with van der Waals surface area (Å²) in [6.45, 7) is 7.20. The molecule has 1 N–H and O–H groups in total. The van der Waals surface area contributed by atoms with Gasteiger partial charge in [0.25, 0.3) is 0 Å². The molecule has 0 spiro atoms. The van der Waals surface area contributed by atoms with Gasteiger partial charge in [0.1, 0.15) is 6.54 Å². The molecule has 0 saturated heterocycles. The lowest BCUT2D eigenvalue weighted by molar-refractivity contribution is -0.697. The second kappa shape index (κ2) is 14.3. The Morgan fingerprint density at radius 2 is 1.79 bits per heavy atom. The van der Waals surface area contributed by atoms with Gasteiger partial charge in [-0.05, 0) is 67.2 Å². The maximum absolute atomic E-state index is 12.0. The Labute approximate surface area is 204 Å². The van der Waals surface area contributed by atoms with Gasteiger partial charge in [0, 0.05) is 62.9 Å². The predicted octanol–water partition coefficient (Wildman–Crippen LogP) is 5.02. The Morgan fingerprint density at radius 3 is 2.50 bits per heavy atom. The summed E-state index contributed by atoms with van der Waals surface area (Å²) >= 11 is 0. The zero-order valence-electron chi connectivity index (χ0n) is 20.8. The molecule has 3 aromatic rings. The number of rotatable bonds is 15. The first-order chi connectivity index (χ1) is 16.7. The van der Waals surface area contributed by atoms with Crippen LogP contribution in [0.25, 0.3) is 0 Å². The summed E-state index contributed by atoms with van der Waals surface area (Å²) in [5.74, 6) is 1.25. The van der Waals surface area contributed by atoms with Crippen molar-refractivity contribution in [2.75, 3.05) is 6.54 Å².